The minimum Gasteiger partial charge on any atom is -0.289 e. The lowest BCUT2D eigenvalue weighted by molar-refractivity contribution is -0.123. The maximum Gasteiger partial charge on any atom is 0.231 e. The fraction of sp³-hybridized carbons (Fsp3) is 0.364. The molecule has 1 aliphatic rings. The third-order valence-electron chi connectivity index (χ3n) is 5.44. The molecule has 3 aromatic rings. The zero-order chi connectivity index (χ0) is 19.3. The molecule has 0 N–H and O–H groups in total. The second-order valence-corrected chi connectivity index (χ2v) is 7.53. The van der Waals surface area contributed by atoms with E-state index in [0.717, 1.165) is 37.1 Å². The number of carbonyl (C=O) groups is 1. The number of nitrogens with zero attached hydrogens (tertiary/aromatic N) is 5. The van der Waals surface area contributed by atoms with Gasteiger partial charge in [-0.2, -0.15) is 0 Å². The highest BCUT2D eigenvalue weighted by molar-refractivity contribution is 5.94. The quantitative estimate of drug-likeness (QED) is 0.676. The van der Waals surface area contributed by atoms with Crippen LogP contribution in [0.15, 0.2) is 61.2 Å². The number of amides is 1. The lowest BCUT2D eigenvalue weighted by atomic mass is 9.82. The smallest absolute Gasteiger partial charge is 0.231 e. The standard InChI is InChI=1S/C22H25N5O/c1-17-7-9-18(10-8-17)22(28)26(16-19-15-23-12-13-24-19)21-11-14-27(25-21)20-5-3-2-4-6-20/h2-6,11-15,17-18H,7-10,16H2,1H3. The molecule has 144 valence electrons. The Kier molecular flexibility index (Phi) is 5.46. The van der Waals surface area contributed by atoms with Crippen molar-refractivity contribution in [3.63, 3.8) is 0 Å². The molecule has 1 fully saturated rings. The molecule has 1 aromatic carbocycles. The fourth-order valence-corrected chi connectivity index (χ4v) is 3.76. The van der Waals surface area contributed by atoms with Crippen molar-refractivity contribution < 1.29 is 4.79 Å². The Morgan fingerprint density at radius 3 is 2.61 bits per heavy atom. The Morgan fingerprint density at radius 1 is 1.11 bits per heavy atom. The van der Waals surface area contributed by atoms with Crippen molar-refractivity contribution in [3.8, 4) is 5.69 Å². The Labute approximate surface area is 165 Å². The van der Waals surface area contributed by atoms with Gasteiger partial charge >= 0.3 is 0 Å². The number of anilines is 1. The third kappa shape index (κ3) is 4.11. The van der Waals surface area contributed by atoms with E-state index in [1.165, 1.54) is 0 Å². The summed E-state index contributed by atoms with van der Waals surface area (Å²) in [5.74, 6) is 1.54. The first-order valence-corrected chi connectivity index (χ1v) is 9.88. The molecule has 28 heavy (non-hydrogen) atoms. The molecule has 2 aromatic heterocycles. The van der Waals surface area contributed by atoms with Gasteiger partial charge in [0.2, 0.25) is 5.91 Å². The molecule has 6 nitrogen and oxygen atoms in total. The molecular formula is C22H25N5O. The van der Waals surface area contributed by atoms with Gasteiger partial charge in [-0.3, -0.25) is 19.7 Å². The summed E-state index contributed by atoms with van der Waals surface area (Å²) in [5.41, 5.74) is 1.72. The van der Waals surface area contributed by atoms with Crippen LogP contribution in [0, 0.1) is 11.8 Å². The van der Waals surface area contributed by atoms with Crippen molar-refractivity contribution in [3.05, 3.63) is 66.9 Å². The molecule has 0 aliphatic heterocycles. The molecule has 0 unspecified atom stereocenters. The molecule has 4 rings (SSSR count). The van der Waals surface area contributed by atoms with E-state index in [0.29, 0.717) is 18.3 Å². The van der Waals surface area contributed by atoms with Crippen molar-refractivity contribution in [1.82, 2.24) is 19.7 Å². The van der Waals surface area contributed by atoms with Gasteiger partial charge in [-0.15, -0.1) is 5.10 Å². The van der Waals surface area contributed by atoms with E-state index in [4.69, 9.17) is 0 Å². The van der Waals surface area contributed by atoms with E-state index in [2.05, 4.69) is 22.0 Å². The van der Waals surface area contributed by atoms with Crippen molar-refractivity contribution in [2.45, 2.75) is 39.2 Å². The van der Waals surface area contributed by atoms with Crippen molar-refractivity contribution in [2.24, 2.45) is 11.8 Å². The number of hydrogen-bond donors (Lipinski definition) is 0. The number of hydrogen-bond acceptors (Lipinski definition) is 4. The van der Waals surface area contributed by atoms with Crippen LogP contribution in [0.3, 0.4) is 0 Å². The van der Waals surface area contributed by atoms with E-state index in [9.17, 15) is 4.79 Å². The average molecular weight is 375 g/mol. The highest BCUT2D eigenvalue weighted by atomic mass is 16.2. The molecule has 2 heterocycles. The van der Waals surface area contributed by atoms with Crippen molar-refractivity contribution in [2.75, 3.05) is 4.90 Å². The lowest BCUT2D eigenvalue weighted by Gasteiger charge is -2.30. The van der Waals surface area contributed by atoms with Gasteiger partial charge < -0.3 is 0 Å². The van der Waals surface area contributed by atoms with E-state index >= 15 is 0 Å². The van der Waals surface area contributed by atoms with Gasteiger partial charge in [0.25, 0.3) is 0 Å². The molecule has 0 saturated heterocycles. The molecule has 6 heteroatoms. The summed E-state index contributed by atoms with van der Waals surface area (Å²) in [6.45, 7) is 2.64. The van der Waals surface area contributed by atoms with Gasteiger partial charge in [0.15, 0.2) is 5.82 Å². The lowest BCUT2D eigenvalue weighted by Crippen LogP contribution is -2.38. The normalized spacial score (nSPS) is 19.3. The largest absolute Gasteiger partial charge is 0.289 e. The summed E-state index contributed by atoms with van der Waals surface area (Å²) >= 11 is 0. The van der Waals surface area contributed by atoms with Gasteiger partial charge in [0.1, 0.15) is 0 Å². The number of benzene rings is 1. The third-order valence-corrected chi connectivity index (χ3v) is 5.44. The Hall–Kier alpha value is -3.02. The van der Waals surface area contributed by atoms with Crippen LogP contribution in [-0.4, -0.2) is 25.7 Å². The highest BCUT2D eigenvalue weighted by Crippen LogP contribution is 2.31. The first kappa shape index (κ1) is 18.3. The van der Waals surface area contributed by atoms with Crippen LogP contribution in [0.1, 0.15) is 38.3 Å². The first-order chi connectivity index (χ1) is 13.7. The van der Waals surface area contributed by atoms with E-state index in [1.807, 2.05) is 42.6 Å². The Balaban J connectivity index is 1.61. The topological polar surface area (TPSA) is 63.9 Å². The van der Waals surface area contributed by atoms with Crippen LogP contribution in [-0.2, 0) is 11.3 Å². The molecule has 0 bridgehead atoms. The maximum atomic E-state index is 13.4. The van der Waals surface area contributed by atoms with E-state index < -0.39 is 0 Å². The molecule has 1 saturated carbocycles. The van der Waals surface area contributed by atoms with Crippen LogP contribution in [0.2, 0.25) is 0 Å². The second-order valence-electron chi connectivity index (χ2n) is 7.53. The van der Waals surface area contributed by atoms with Crippen LogP contribution < -0.4 is 4.90 Å². The van der Waals surface area contributed by atoms with E-state index in [-0.39, 0.29) is 11.8 Å². The zero-order valence-corrected chi connectivity index (χ0v) is 16.1. The molecular weight excluding hydrogens is 350 g/mol. The Bertz CT molecular complexity index is 901. The van der Waals surface area contributed by atoms with Crippen LogP contribution in [0.25, 0.3) is 5.69 Å². The molecule has 0 spiro atoms. The van der Waals surface area contributed by atoms with Gasteiger partial charge in [-0.25, -0.2) is 4.68 Å². The maximum absolute atomic E-state index is 13.4. The average Bonchev–Trinajstić information content (AvgIpc) is 3.23. The number of carbonyl (C=O) groups excluding carboxylic acids is 1. The summed E-state index contributed by atoms with van der Waals surface area (Å²) in [4.78, 5) is 23.6. The minimum atomic E-state index is 0.0507. The summed E-state index contributed by atoms with van der Waals surface area (Å²) in [7, 11) is 0. The van der Waals surface area contributed by atoms with Gasteiger partial charge in [0.05, 0.1) is 24.1 Å². The molecule has 1 aliphatic carbocycles. The van der Waals surface area contributed by atoms with Crippen LogP contribution in [0.5, 0.6) is 0 Å². The van der Waals surface area contributed by atoms with Crippen LogP contribution in [0.4, 0.5) is 5.82 Å². The summed E-state index contributed by atoms with van der Waals surface area (Å²) in [5, 5.41) is 4.68. The first-order valence-electron chi connectivity index (χ1n) is 9.88. The fourth-order valence-electron chi connectivity index (χ4n) is 3.76. The number of rotatable bonds is 5. The molecule has 0 radical (unpaired) electrons. The van der Waals surface area contributed by atoms with Crippen LogP contribution >= 0.6 is 0 Å². The molecule has 0 atom stereocenters. The zero-order valence-electron chi connectivity index (χ0n) is 16.1. The van der Waals surface area contributed by atoms with Gasteiger partial charge in [-0.1, -0.05) is 25.1 Å². The number of aromatic nitrogens is 4. The Morgan fingerprint density at radius 2 is 1.89 bits per heavy atom. The van der Waals surface area contributed by atoms with Crippen molar-refractivity contribution in [1.29, 1.82) is 0 Å². The van der Waals surface area contributed by atoms with Gasteiger partial charge in [-0.05, 0) is 43.7 Å². The predicted molar refractivity (Wildman–Crippen MR) is 108 cm³/mol. The number of para-hydroxylation sites is 1. The minimum absolute atomic E-state index is 0.0507. The SMILES string of the molecule is CC1CCC(C(=O)N(Cc2cnccn2)c2ccn(-c3ccccc3)n2)CC1. The summed E-state index contributed by atoms with van der Waals surface area (Å²) in [6.07, 6.45) is 11.0. The monoisotopic (exact) mass is 375 g/mol. The van der Waals surface area contributed by atoms with Crippen molar-refractivity contribution >= 4 is 11.7 Å². The highest BCUT2D eigenvalue weighted by Gasteiger charge is 2.30. The summed E-state index contributed by atoms with van der Waals surface area (Å²) < 4.78 is 1.80. The second kappa shape index (κ2) is 8.33. The summed E-state index contributed by atoms with van der Waals surface area (Å²) in [6, 6.07) is 11.8. The predicted octanol–water partition coefficient (Wildman–Crippen LogP) is 4.02. The van der Waals surface area contributed by atoms with Gasteiger partial charge in [0, 0.05) is 30.6 Å². The molecule has 1 amide bonds. The van der Waals surface area contributed by atoms with E-state index in [1.54, 1.807) is 28.2 Å².